The van der Waals surface area contributed by atoms with E-state index in [2.05, 4.69) is 10.3 Å². The number of rotatable bonds is 2. The molecule has 0 radical (unpaired) electrons. The number of piperidine rings is 1. The number of sulfone groups is 1. The molecule has 1 aliphatic rings. The van der Waals surface area contributed by atoms with Gasteiger partial charge in [-0.2, -0.15) is 0 Å². The number of oxazole rings is 1. The lowest BCUT2D eigenvalue weighted by atomic mass is 9.98. The van der Waals surface area contributed by atoms with E-state index in [-0.39, 0.29) is 4.90 Å². The summed E-state index contributed by atoms with van der Waals surface area (Å²) in [6.45, 7) is 1.94. The molecule has 1 aliphatic heterocycles. The molecule has 1 saturated heterocycles. The maximum absolute atomic E-state index is 11.5. The molecule has 5 nitrogen and oxygen atoms in total. The first-order valence-electron chi connectivity index (χ1n) is 6.35. The van der Waals surface area contributed by atoms with E-state index < -0.39 is 9.84 Å². The third-order valence-electron chi connectivity index (χ3n) is 3.49. The first kappa shape index (κ1) is 12.6. The summed E-state index contributed by atoms with van der Waals surface area (Å²) in [5, 5.41) is 3.30. The average molecular weight is 280 g/mol. The topological polar surface area (TPSA) is 72.2 Å². The van der Waals surface area contributed by atoms with E-state index in [0.717, 1.165) is 31.8 Å². The molecule has 1 aromatic carbocycles. The van der Waals surface area contributed by atoms with Gasteiger partial charge in [0, 0.05) is 12.2 Å². The van der Waals surface area contributed by atoms with Crippen molar-refractivity contribution in [2.24, 2.45) is 0 Å². The van der Waals surface area contributed by atoms with Crippen molar-refractivity contribution in [3.63, 3.8) is 0 Å². The van der Waals surface area contributed by atoms with E-state index >= 15 is 0 Å². The quantitative estimate of drug-likeness (QED) is 0.906. The van der Waals surface area contributed by atoms with Gasteiger partial charge in [0.1, 0.15) is 5.52 Å². The van der Waals surface area contributed by atoms with Crippen LogP contribution in [0.4, 0.5) is 0 Å². The van der Waals surface area contributed by atoms with Gasteiger partial charge < -0.3 is 9.73 Å². The molecule has 1 fully saturated rings. The molecule has 3 rings (SSSR count). The average Bonchev–Trinajstić information content (AvgIpc) is 2.81. The molecule has 0 unspecified atom stereocenters. The molecule has 1 aromatic heterocycles. The van der Waals surface area contributed by atoms with Gasteiger partial charge >= 0.3 is 0 Å². The second kappa shape index (κ2) is 4.61. The van der Waals surface area contributed by atoms with Crippen LogP contribution in [0.25, 0.3) is 11.1 Å². The van der Waals surface area contributed by atoms with Crippen LogP contribution >= 0.6 is 0 Å². The van der Waals surface area contributed by atoms with Crippen molar-refractivity contribution in [1.29, 1.82) is 0 Å². The number of fused-ring (bicyclic) bond motifs is 1. The summed E-state index contributed by atoms with van der Waals surface area (Å²) in [4.78, 5) is 4.73. The molecule has 0 atom stereocenters. The molecule has 6 heteroatoms. The van der Waals surface area contributed by atoms with E-state index in [0.29, 0.717) is 17.0 Å². The molecule has 0 aliphatic carbocycles. The molecular formula is C13H16N2O3S. The second-order valence-corrected chi connectivity index (χ2v) is 6.99. The van der Waals surface area contributed by atoms with E-state index in [9.17, 15) is 8.42 Å². The Labute approximate surface area is 111 Å². The lowest BCUT2D eigenvalue weighted by molar-refractivity contribution is 0.385. The van der Waals surface area contributed by atoms with E-state index in [1.54, 1.807) is 18.2 Å². The standard InChI is InChI=1S/C13H16N2O3S/c1-19(16,17)10-2-3-12-11(8-10)15-13(18-12)9-4-6-14-7-5-9/h2-3,8-9,14H,4-7H2,1H3. The van der Waals surface area contributed by atoms with Crippen molar-refractivity contribution < 1.29 is 12.8 Å². The van der Waals surface area contributed by atoms with Crippen LogP contribution in [0.5, 0.6) is 0 Å². The van der Waals surface area contributed by atoms with Gasteiger partial charge in [-0.3, -0.25) is 0 Å². The summed E-state index contributed by atoms with van der Waals surface area (Å²) in [5.74, 6) is 1.05. The maximum Gasteiger partial charge on any atom is 0.198 e. The molecule has 1 N–H and O–H groups in total. The van der Waals surface area contributed by atoms with Crippen LogP contribution in [0.15, 0.2) is 27.5 Å². The van der Waals surface area contributed by atoms with Crippen molar-refractivity contribution in [3.05, 3.63) is 24.1 Å². The third-order valence-corrected chi connectivity index (χ3v) is 4.60. The monoisotopic (exact) mass is 280 g/mol. The smallest absolute Gasteiger partial charge is 0.198 e. The second-order valence-electron chi connectivity index (χ2n) is 4.98. The van der Waals surface area contributed by atoms with Crippen LogP contribution in [-0.2, 0) is 9.84 Å². The summed E-state index contributed by atoms with van der Waals surface area (Å²) < 4.78 is 28.8. The molecule has 19 heavy (non-hydrogen) atoms. The van der Waals surface area contributed by atoms with Gasteiger partial charge in [0.25, 0.3) is 0 Å². The minimum Gasteiger partial charge on any atom is -0.440 e. The summed E-state index contributed by atoms with van der Waals surface area (Å²) in [7, 11) is -3.20. The summed E-state index contributed by atoms with van der Waals surface area (Å²) in [6.07, 6.45) is 3.21. The number of nitrogens with zero attached hydrogens (tertiary/aromatic N) is 1. The van der Waals surface area contributed by atoms with Gasteiger partial charge in [-0.25, -0.2) is 13.4 Å². The zero-order valence-electron chi connectivity index (χ0n) is 10.7. The number of benzene rings is 1. The Bertz CT molecular complexity index is 700. The Balaban J connectivity index is 2.01. The molecule has 102 valence electrons. The fraction of sp³-hybridized carbons (Fsp3) is 0.462. The SMILES string of the molecule is CS(=O)(=O)c1ccc2oc(C3CCNCC3)nc2c1. The molecule has 2 aromatic rings. The van der Waals surface area contributed by atoms with Gasteiger partial charge in [-0.1, -0.05) is 0 Å². The Morgan fingerprint density at radius 3 is 2.74 bits per heavy atom. The highest BCUT2D eigenvalue weighted by Gasteiger charge is 2.21. The fourth-order valence-electron chi connectivity index (χ4n) is 2.40. The number of nitrogens with one attached hydrogen (secondary N) is 1. The predicted octanol–water partition coefficient (Wildman–Crippen LogP) is 1.70. The minimum absolute atomic E-state index is 0.283. The normalized spacial score (nSPS) is 17.9. The largest absolute Gasteiger partial charge is 0.440 e. The lowest BCUT2D eigenvalue weighted by Gasteiger charge is -2.19. The molecule has 2 heterocycles. The van der Waals surface area contributed by atoms with Gasteiger partial charge in [-0.05, 0) is 44.1 Å². The predicted molar refractivity (Wildman–Crippen MR) is 72.0 cm³/mol. The van der Waals surface area contributed by atoms with Crippen LogP contribution in [-0.4, -0.2) is 32.7 Å². The maximum atomic E-state index is 11.5. The van der Waals surface area contributed by atoms with Crippen LogP contribution in [0.3, 0.4) is 0 Å². The highest BCUT2D eigenvalue weighted by atomic mass is 32.2. The molecule has 0 bridgehead atoms. The summed E-state index contributed by atoms with van der Waals surface area (Å²) >= 11 is 0. The highest BCUT2D eigenvalue weighted by Crippen LogP contribution is 2.28. The first-order valence-corrected chi connectivity index (χ1v) is 8.24. The van der Waals surface area contributed by atoms with Crippen LogP contribution < -0.4 is 5.32 Å². The van der Waals surface area contributed by atoms with Gasteiger partial charge in [0.2, 0.25) is 0 Å². The fourth-order valence-corrected chi connectivity index (χ4v) is 3.04. The van der Waals surface area contributed by atoms with Crippen molar-refractivity contribution in [1.82, 2.24) is 10.3 Å². The summed E-state index contributed by atoms with van der Waals surface area (Å²) in [6, 6.07) is 4.83. The van der Waals surface area contributed by atoms with Gasteiger partial charge in [0.15, 0.2) is 21.3 Å². The molecular weight excluding hydrogens is 264 g/mol. The van der Waals surface area contributed by atoms with Crippen LogP contribution in [0.1, 0.15) is 24.7 Å². The third kappa shape index (κ3) is 2.50. The molecule has 0 amide bonds. The van der Waals surface area contributed by atoms with Crippen molar-refractivity contribution in [3.8, 4) is 0 Å². The number of aromatic nitrogens is 1. The van der Waals surface area contributed by atoms with Crippen molar-refractivity contribution >= 4 is 20.9 Å². The Kier molecular flexibility index (Phi) is 3.06. The van der Waals surface area contributed by atoms with Crippen LogP contribution in [0, 0.1) is 0 Å². The van der Waals surface area contributed by atoms with Crippen molar-refractivity contribution in [2.45, 2.75) is 23.7 Å². The van der Waals surface area contributed by atoms with E-state index in [4.69, 9.17) is 4.42 Å². The van der Waals surface area contributed by atoms with Gasteiger partial charge in [-0.15, -0.1) is 0 Å². The summed E-state index contributed by atoms with van der Waals surface area (Å²) in [5.41, 5.74) is 1.28. The highest BCUT2D eigenvalue weighted by molar-refractivity contribution is 7.90. The van der Waals surface area contributed by atoms with E-state index in [1.807, 2.05) is 0 Å². The Morgan fingerprint density at radius 2 is 2.05 bits per heavy atom. The zero-order valence-corrected chi connectivity index (χ0v) is 11.5. The van der Waals surface area contributed by atoms with E-state index in [1.165, 1.54) is 6.26 Å². The van der Waals surface area contributed by atoms with Gasteiger partial charge in [0.05, 0.1) is 4.90 Å². The molecule has 0 spiro atoms. The Hall–Kier alpha value is -1.40. The Morgan fingerprint density at radius 1 is 1.32 bits per heavy atom. The number of hydrogen-bond donors (Lipinski definition) is 1. The van der Waals surface area contributed by atoms with Crippen LogP contribution in [0.2, 0.25) is 0 Å². The lowest BCUT2D eigenvalue weighted by Crippen LogP contribution is -2.26. The molecule has 0 saturated carbocycles. The first-order chi connectivity index (χ1) is 9.04. The zero-order chi connectivity index (χ0) is 13.5. The number of hydrogen-bond acceptors (Lipinski definition) is 5. The minimum atomic E-state index is -3.20. The van der Waals surface area contributed by atoms with Crippen molar-refractivity contribution in [2.75, 3.05) is 19.3 Å².